The maximum absolute atomic E-state index is 13.8. The SMILES string of the molecule is Cc1cc(N2CCCCCC2CO)c([C@H](C)N)cc1F. The number of hydrogen-bond donors (Lipinski definition) is 2. The summed E-state index contributed by atoms with van der Waals surface area (Å²) in [6, 6.07) is 3.32. The van der Waals surface area contributed by atoms with Gasteiger partial charge in [-0.2, -0.15) is 0 Å². The maximum Gasteiger partial charge on any atom is 0.126 e. The molecule has 0 saturated carbocycles. The Labute approximate surface area is 120 Å². The fraction of sp³-hybridized carbons (Fsp3) is 0.625. The molecule has 4 heteroatoms. The Morgan fingerprint density at radius 2 is 2.15 bits per heavy atom. The lowest BCUT2D eigenvalue weighted by Gasteiger charge is -2.33. The summed E-state index contributed by atoms with van der Waals surface area (Å²) in [6.45, 7) is 4.68. The van der Waals surface area contributed by atoms with Crippen LogP contribution in [-0.4, -0.2) is 24.3 Å². The zero-order chi connectivity index (χ0) is 14.7. The van der Waals surface area contributed by atoms with Crippen LogP contribution in [-0.2, 0) is 0 Å². The third kappa shape index (κ3) is 3.13. The van der Waals surface area contributed by atoms with Crippen molar-refractivity contribution < 1.29 is 9.50 Å². The molecule has 2 atom stereocenters. The number of aryl methyl sites for hydroxylation is 1. The summed E-state index contributed by atoms with van der Waals surface area (Å²) in [7, 11) is 0. The highest BCUT2D eigenvalue weighted by Crippen LogP contribution is 2.32. The molecule has 0 spiro atoms. The molecule has 20 heavy (non-hydrogen) atoms. The van der Waals surface area contributed by atoms with E-state index in [0.29, 0.717) is 5.56 Å². The van der Waals surface area contributed by atoms with Crippen molar-refractivity contribution in [3.8, 4) is 0 Å². The zero-order valence-electron chi connectivity index (χ0n) is 12.4. The fourth-order valence-corrected chi connectivity index (χ4v) is 2.98. The molecule has 0 aromatic heterocycles. The van der Waals surface area contributed by atoms with E-state index in [2.05, 4.69) is 4.90 Å². The molecular formula is C16H25FN2O. The molecule has 1 aliphatic heterocycles. The van der Waals surface area contributed by atoms with E-state index < -0.39 is 0 Å². The Bertz CT molecular complexity index is 462. The predicted octanol–water partition coefficient (Wildman–Crippen LogP) is 2.90. The molecule has 3 nitrogen and oxygen atoms in total. The van der Waals surface area contributed by atoms with Crippen LogP contribution in [0.1, 0.15) is 49.8 Å². The first-order chi connectivity index (χ1) is 9.54. The molecule has 2 rings (SSSR count). The van der Waals surface area contributed by atoms with Crippen molar-refractivity contribution >= 4 is 5.69 Å². The summed E-state index contributed by atoms with van der Waals surface area (Å²) in [5.74, 6) is -0.212. The molecule has 0 amide bonds. The number of rotatable bonds is 3. The molecule has 1 heterocycles. The molecular weight excluding hydrogens is 255 g/mol. The van der Waals surface area contributed by atoms with E-state index in [-0.39, 0.29) is 24.5 Å². The number of nitrogens with zero attached hydrogens (tertiary/aromatic N) is 1. The molecule has 1 aromatic carbocycles. The van der Waals surface area contributed by atoms with Crippen LogP contribution in [0.4, 0.5) is 10.1 Å². The van der Waals surface area contributed by atoms with Gasteiger partial charge >= 0.3 is 0 Å². The topological polar surface area (TPSA) is 49.5 Å². The predicted molar refractivity (Wildman–Crippen MR) is 80.4 cm³/mol. The molecule has 1 unspecified atom stereocenters. The lowest BCUT2D eigenvalue weighted by molar-refractivity contribution is 0.255. The van der Waals surface area contributed by atoms with Crippen LogP contribution in [0.15, 0.2) is 12.1 Å². The highest BCUT2D eigenvalue weighted by Gasteiger charge is 2.24. The highest BCUT2D eigenvalue weighted by atomic mass is 19.1. The lowest BCUT2D eigenvalue weighted by atomic mass is 10.0. The number of halogens is 1. The monoisotopic (exact) mass is 280 g/mol. The minimum atomic E-state index is -0.220. The first-order valence-electron chi connectivity index (χ1n) is 7.47. The van der Waals surface area contributed by atoms with E-state index in [1.807, 2.05) is 13.0 Å². The van der Waals surface area contributed by atoms with Crippen LogP contribution in [0, 0.1) is 12.7 Å². The second-order valence-corrected chi connectivity index (χ2v) is 5.83. The summed E-state index contributed by atoms with van der Waals surface area (Å²) in [4.78, 5) is 2.22. The van der Waals surface area contributed by atoms with Crippen molar-refractivity contribution in [1.29, 1.82) is 0 Å². The summed E-state index contributed by atoms with van der Waals surface area (Å²) in [5, 5.41) is 9.65. The summed E-state index contributed by atoms with van der Waals surface area (Å²) in [6.07, 6.45) is 4.40. The maximum atomic E-state index is 13.8. The fourth-order valence-electron chi connectivity index (χ4n) is 2.98. The summed E-state index contributed by atoms with van der Waals surface area (Å²) >= 11 is 0. The van der Waals surface area contributed by atoms with Gasteiger partial charge in [-0.05, 0) is 49.9 Å². The van der Waals surface area contributed by atoms with Gasteiger partial charge in [0.2, 0.25) is 0 Å². The molecule has 1 fully saturated rings. The Morgan fingerprint density at radius 1 is 1.40 bits per heavy atom. The minimum Gasteiger partial charge on any atom is -0.394 e. The number of aliphatic hydroxyl groups is 1. The second-order valence-electron chi connectivity index (χ2n) is 5.83. The zero-order valence-corrected chi connectivity index (χ0v) is 12.4. The van der Waals surface area contributed by atoms with E-state index in [4.69, 9.17) is 5.73 Å². The van der Waals surface area contributed by atoms with E-state index >= 15 is 0 Å². The largest absolute Gasteiger partial charge is 0.394 e. The number of hydrogen-bond acceptors (Lipinski definition) is 3. The van der Waals surface area contributed by atoms with Crippen molar-refractivity contribution in [3.63, 3.8) is 0 Å². The van der Waals surface area contributed by atoms with Crippen LogP contribution < -0.4 is 10.6 Å². The molecule has 0 radical (unpaired) electrons. The van der Waals surface area contributed by atoms with Gasteiger partial charge in [0.25, 0.3) is 0 Å². The summed E-state index contributed by atoms with van der Waals surface area (Å²) < 4.78 is 13.8. The Balaban J connectivity index is 2.45. The van der Waals surface area contributed by atoms with Crippen molar-refractivity contribution in [3.05, 3.63) is 29.1 Å². The van der Waals surface area contributed by atoms with Gasteiger partial charge in [-0.3, -0.25) is 0 Å². The quantitative estimate of drug-likeness (QED) is 0.895. The van der Waals surface area contributed by atoms with E-state index in [1.54, 1.807) is 13.0 Å². The van der Waals surface area contributed by atoms with E-state index in [1.165, 1.54) is 6.42 Å². The van der Waals surface area contributed by atoms with Gasteiger partial charge in [0.15, 0.2) is 0 Å². The number of aliphatic hydroxyl groups excluding tert-OH is 1. The van der Waals surface area contributed by atoms with Crippen molar-refractivity contribution in [2.24, 2.45) is 5.73 Å². The Morgan fingerprint density at radius 3 is 2.80 bits per heavy atom. The van der Waals surface area contributed by atoms with Gasteiger partial charge in [0.05, 0.1) is 12.6 Å². The molecule has 1 aromatic rings. The normalized spacial score (nSPS) is 21.6. The van der Waals surface area contributed by atoms with Crippen LogP contribution in [0.3, 0.4) is 0 Å². The van der Waals surface area contributed by atoms with Crippen LogP contribution in [0.2, 0.25) is 0 Å². The number of nitrogens with two attached hydrogens (primary N) is 1. The minimum absolute atomic E-state index is 0.111. The van der Waals surface area contributed by atoms with Gasteiger partial charge in [0, 0.05) is 18.3 Å². The standard InChI is InChI=1S/C16H25FN2O/c1-11-8-16(14(12(2)18)9-15(11)17)19-7-5-3-4-6-13(19)10-20/h8-9,12-13,20H,3-7,10,18H2,1-2H3/t12-,13?/m0/s1. The third-order valence-electron chi connectivity index (χ3n) is 4.20. The van der Waals surface area contributed by atoms with Gasteiger partial charge in [0.1, 0.15) is 5.82 Å². The van der Waals surface area contributed by atoms with Crippen LogP contribution in [0.25, 0.3) is 0 Å². The first kappa shape index (κ1) is 15.3. The lowest BCUT2D eigenvalue weighted by Crippen LogP contribution is -2.38. The second kappa shape index (κ2) is 6.55. The third-order valence-corrected chi connectivity index (χ3v) is 4.20. The molecule has 112 valence electrons. The van der Waals surface area contributed by atoms with E-state index in [9.17, 15) is 9.50 Å². The van der Waals surface area contributed by atoms with Crippen molar-refractivity contribution in [2.45, 2.75) is 51.6 Å². The molecule has 3 N–H and O–H groups in total. The van der Waals surface area contributed by atoms with E-state index in [0.717, 1.165) is 37.1 Å². The smallest absolute Gasteiger partial charge is 0.126 e. The molecule has 1 aliphatic rings. The van der Waals surface area contributed by atoms with Gasteiger partial charge in [-0.25, -0.2) is 4.39 Å². The summed E-state index contributed by atoms with van der Waals surface area (Å²) in [5.41, 5.74) is 8.45. The van der Waals surface area contributed by atoms with Gasteiger partial charge in [-0.1, -0.05) is 12.8 Å². The molecule has 0 bridgehead atoms. The van der Waals surface area contributed by atoms with Crippen molar-refractivity contribution in [2.75, 3.05) is 18.1 Å². The molecule has 1 saturated heterocycles. The molecule has 0 aliphatic carbocycles. The van der Waals surface area contributed by atoms with Crippen LogP contribution in [0.5, 0.6) is 0 Å². The number of anilines is 1. The average molecular weight is 280 g/mol. The van der Waals surface area contributed by atoms with Crippen molar-refractivity contribution in [1.82, 2.24) is 0 Å². The Hall–Kier alpha value is -1.13. The highest BCUT2D eigenvalue weighted by molar-refractivity contribution is 5.58. The average Bonchev–Trinajstić information content (AvgIpc) is 2.66. The van der Waals surface area contributed by atoms with Crippen LogP contribution >= 0.6 is 0 Å². The van der Waals surface area contributed by atoms with Gasteiger partial charge < -0.3 is 15.7 Å². The Kier molecular flexibility index (Phi) is 5.00. The van der Waals surface area contributed by atoms with Gasteiger partial charge in [-0.15, -0.1) is 0 Å². The number of benzene rings is 1. The first-order valence-corrected chi connectivity index (χ1v) is 7.47.